The van der Waals surface area contributed by atoms with Crippen LogP contribution in [-0.4, -0.2) is 55.2 Å². The van der Waals surface area contributed by atoms with E-state index in [0.717, 1.165) is 0 Å². The van der Waals surface area contributed by atoms with E-state index in [0.29, 0.717) is 0 Å². The topological polar surface area (TPSA) is 176 Å². The molecule has 0 aliphatic rings. The van der Waals surface area contributed by atoms with Gasteiger partial charge in [0, 0.05) is 0 Å². The van der Waals surface area contributed by atoms with Crippen LogP contribution in [0.4, 0.5) is 0 Å². The Bertz CT molecular complexity index is 59.2. The summed E-state index contributed by atoms with van der Waals surface area (Å²) in [7, 11) is -4.64. The molecule has 0 rings (SSSR count). The molecule has 58 valence electrons. The molecule has 0 heterocycles. The van der Waals surface area contributed by atoms with Crippen molar-refractivity contribution in [2.45, 2.75) is 0 Å². The summed E-state index contributed by atoms with van der Waals surface area (Å²) in [6, 6.07) is 0. The normalized spacial score (nSPS) is 6.56. The van der Waals surface area contributed by atoms with Gasteiger partial charge in [-0.3, -0.25) is 0 Å². The van der Waals surface area contributed by atoms with E-state index in [1.54, 1.807) is 0 Å². The van der Waals surface area contributed by atoms with Crippen LogP contribution in [0.25, 0.3) is 0 Å². The molecule has 0 aliphatic carbocycles. The molecule has 0 aliphatic heterocycles. The van der Waals surface area contributed by atoms with Crippen molar-refractivity contribution < 1.29 is 30.2 Å². The summed E-state index contributed by atoms with van der Waals surface area (Å²) in [5.74, 6) is 0. The molecule has 0 radical (unpaired) electrons. The molecule has 0 saturated carbocycles. The van der Waals surface area contributed by atoms with Crippen molar-refractivity contribution in [3.63, 3.8) is 0 Å². The molecule has 10 N–H and O–H groups in total. The van der Waals surface area contributed by atoms with Gasteiger partial charge < -0.3 is 31.8 Å². The van der Waals surface area contributed by atoms with Crippen LogP contribution in [0, 0.1) is 0 Å². The van der Waals surface area contributed by atoms with Crippen molar-refractivity contribution in [2.24, 2.45) is 0 Å². The van der Waals surface area contributed by atoms with E-state index < -0.39 is 7.82 Å². The second-order valence-corrected chi connectivity index (χ2v) is 1.54. The van der Waals surface area contributed by atoms with Crippen LogP contribution in [0.5, 0.6) is 0 Å². The predicted octanol–water partition coefficient (Wildman–Crippen LogP) is -3.06. The fourth-order valence-electron chi connectivity index (χ4n) is 0. The summed E-state index contributed by atoms with van der Waals surface area (Å²) >= 11 is 0. The average Bonchev–Trinajstić information content (AvgIpc) is 0.722. The third-order valence-corrected chi connectivity index (χ3v) is 0. The summed E-state index contributed by atoms with van der Waals surface area (Å²) in [4.78, 5) is 21.6. The van der Waals surface area contributed by atoms with Crippen molar-refractivity contribution in [3.8, 4) is 0 Å². The van der Waals surface area contributed by atoms with E-state index in [2.05, 4.69) is 0 Å². The van der Waals surface area contributed by atoms with Crippen LogP contribution in [0.1, 0.15) is 0 Å². The number of phosphoric acid groups is 1. The van der Waals surface area contributed by atoms with Gasteiger partial charge in [0.1, 0.15) is 0 Å². The Hall–Kier alpha value is 0.990. The van der Waals surface area contributed by atoms with Gasteiger partial charge in [-0.2, -0.15) is 0 Å². The van der Waals surface area contributed by atoms with Crippen molar-refractivity contribution in [2.75, 3.05) is 0 Å². The first kappa shape index (κ1) is 32.4. The maximum absolute atomic E-state index is 8.88. The molecule has 7 nitrogen and oxygen atoms in total. The minimum absolute atomic E-state index is 0. The summed E-state index contributed by atoms with van der Waals surface area (Å²) < 4.78 is 8.88. The van der Waals surface area contributed by atoms with Crippen molar-refractivity contribution in [1.29, 1.82) is 0 Å². The molecular weight excluding hydrogens is 164 g/mol. The molecule has 9 heavy (non-hydrogen) atoms. The fourth-order valence-corrected chi connectivity index (χ4v) is 0. The third kappa shape index (κ3) is 448. The molecule has 9 heteroatoms. The first-order chi connectivity index (χ1) is 2.00. The third-order valence-electron chi connectivity index (χ3n) is 0. The van der Waals surface area contributed by atoms with Gasteiger partial charge in [0.15, 0.2) is 0 Å². The van der Waals surface area contributed by atoms with E-state index in [1.807, 2.05) is 0 Å². The zero-order valence-corrected chi connectivity index (χ0v) is 4.80. The van der Waals surface area contributed by atoms with Gasteiger partial charge >= 0.3 is 37.4 Å². The summed E-state index contributed by atoms with van der Waals surface area (Å²) in [6.07, 6.45) is 0. The molecule has 0 aromatic carbocycles. The minimum atomic E-state index is -4.64. The molecule has 0 bridgehead atoms. The predicted molar refractivity (Wildman–Crippen MR) is 33.7 cm³/mol. The van der Waals surface area contributed by atoms with Gasteiger partial charge in [-0.1, -0.05) is 0 Å². The molecule has 0 aromatic heterocycles. The van der Waals surface area contributed by atoms with Crippen LogP contribution < -0.4 is 6.15 Å². The second-order valence-electron chi connectivity index (χ2n) is 0.513. The quantitative estimate of drug-likeness (QED) is 0.225. The zero-order chi connectivity index (χ0) is 4.50. The summed E-state index contributed by atoms with van der Waals surface area (Å²) in [5, 5.41) is 0. The molecule has 0 aromatic rings. The van der Waals surface area contributed by atoms with E-state index in [1.165, 1.54) is 0 Å². The molecular formula is H11NNaO6P. The average molecular weight is 175 g/mol. The second kappa shape index (κ2) is 11.7. The standard InChI is InChI=1S/H3N.Na.H3O4P.2H2O.H/c;;1-5(2,3)4;;;/h1H3;;(H3,1,2,3,4);2*1H2;. The Kier molecular flexibility index (Phi) is 42.3. The number of rotatable bonds is 0. The van der Waals surface area contributed by atoms with Crippen LogP contribution in [0.2, 0.25) is 0 Å². The number of hydrogen-bond donors (Lipinski definition) is 4. The van der Waals surface area contributed by atoms with Crippen molar-refractivity contribution in [3.05, 3.63) is 0 Å². The van der Waals surface area contributed by atoms with Crippen molar-refractivity contribution in [1.82, 2.24) is 6.15 Å². The van der Waals surface area contributed by atoms with Crippen LogP contribution in [0.15, 0.2) is 0 Å². The van der Waals surface area contributed by atoms with Crippen LogP contribution >= 0.6 is 7.82 Å². The van der Waals surface area contributed by atoms with Gasteiger partial charge in [0.25, 0.3) is 0 Å². The summed E-state index contributed by atoms with van der Waals surface area (Å²) in [5.41, 5.74) is 0. The zero-order valence-electron chi connectivity index (χ0n) is 3.90. The molecule has 0 saturated heterocycles. The molecule has 0 amide bonds. The van der Waals surface area contributed by atoms with E-state index in [4.69, 9.17) is 19.2 Å². The Balaban J connectivity index is -0.0000000133. The first-order valence-corrected chi connectivity index (χ1v) is 2.35. The maximum atomic E-state index is 8.88. The molecule has 0 atom stereocenters. The summed E-state index contributed by atoms with van der Waals surface area (Å²) in [6.45, 7) is 0. The van der Waals surface area contributed by atoms with Crippen molar-refractivity contribution >= 4 is 37.4 Å². The monoisotopic (exact) mass is 175 g/mol. The fraction of sp³-hybridized carbons (Fsp3) is 0. The van der Waals surface area contributed by atoms with Gasteiger partial charge in [0.05, 0.1) is 0 Å². The SMILES string of the molecule is N.O.O.O=P(O)(O)O.[NaH]. The van der Waals surface area contributed by atoms with E-state index >= 15 is 0 Å². The Morgan fingerprint density at radius 2 is 1.00 bits per heavy atom. The van der Waals surface area contributed by atoms with Gasteiger partial charge in [-0.15, -0.1) is 0 Å². The van der Waals surface area contributed by atoms with Gasteiger partial charge in [-0.05, 0) is 0 Å². The van der Waals surface area contributed by atoms with Crippen LogP contribution in [0.3, 0.4) is 0 Å². The Labute approximate surface area is 73.8 Å². The first-order valence-electron chi connectivity index (χ1n) is 0.783. The molecule has 0 fully saturated rings. The molecule has 0 unspecified atom stereocenters. The number of hydrogen-bond acceptors (Lipinski definition) is 2. The Morgan fingerprint density at radius 1 is 1.00 bits per heavy atom. The Morgan fingerprint density at radius 3 is 1.00 bits per heavy atom. The van der Waals surface area contributed by atoms with Gasteiger partial charge in [0.2, 0.25) is 0 Å². The van der Waals surface area contributed by atoms with Crippen LogP contribution in [-0.2, 0) is 4.57 Å². The molecule has 0 spiro atoms. The van der Waals surface area contributed by atoms with E-state index in [9.17, 15) is 0 Å². The van der Waals surface area contributed by atoms with E-state index in [-0.39, 0.29) is 46.7 Å². The van der Waals surface area contributed by atoms with Gasteiger partial charge in [-0.25, -0.2) is 4.57 Å².